The van der Waals surface area contributed by atoms with Gasteiger partial charge in [0.25, 0.3) is 0 Å². The number of rotatable bonds is 3. The minimum absolute atomic E-state index is 0.147. The zero-order valence-corrected chi connectivity index (χ0v) is 11.1. The fourth-order valence-electron chi connectivity index (χ4n) is 3.62. The van der Waals surface area contributed by atoms with Crippen molar-refractivity contribution in [2.24, 2.45) is 5.41 Å². The minimum atomic E-state index is -0.164. The number of carbonyl (C=O) groups excluding carboxylic acids is 1. The first-order valence-corrected chi connectivity index (χ1v) is 6.99. The van der Waals surface area contributed by atoms with Gasteiger partial charge in [-0.25, -0.2) is 0 Å². The molecule has 98 valence electrons. The molecule has 2 rings (SSSR count). The van der Waals surface area contributed by atoms with Gasteiger partial charge in [-0.3, -0.25) is 4.79 Å². The molecule has 0 unspecified atom stereocenters. The molecule has 0 heterocycles. The van der Waals surface area contributed by atoms with Crippen molar-refractivity contribution in [1.82, 2.24) is 5.32 Å². The van der Waals surface area contributed by atoms with E-state index in [-0.39, 0.29) is 12.0 Å². The molecule has 0 aromatic carbocycles. The second-order valence-electron chi connectivity index (χ2n) is 5.89. The highest BCUT2D eigenvalue weighted by molar-refractivity contribution is 5.75. The molecule has 1 N–H and O–H groups in total. The standard InChI is InChI=1S/C14H25NO2/c1-11(13(16)17-2)15-12-5-9-14(10-6-12)7-3-4-8-14/h11-12,15H,3-10H2,1-2H3/t11-/m0/s1. The Balaban J connectivity index is 1.77. The Morgan fingerprint density at radius 2 is 1.82 bits per heavy atom. The van der Waals surface area contributed by atoms with Crippen LogP contribution in [0.25, 0.3) is 0 Å². The highest BCUT2D eigenvalue weighted by Crippen LogP contribution is 2.48. The van der Waals surface area contributed by atoms with Crippen LogP contribution in [-0.2, 0) is 9.53 Å². The quantitative estimate of drug-likeness (QED) is 0.769. The molecule has 1 atom stereocenters. The molecule has 0 bridgehead atoms. The van der Waals surface area contributed by atoms with E-state index in [2.05, 4.69) is 5.32 Å². The van der Waals surface area contributed by atoms with Crippen molar-refractivity contribution in [3.05, 3.63) is 0 Å². The van der Waals surface area contributed by atoms with Gasteiger partial charge in [0.2, 0.25) is 0 Å². The summed E-state index contributed by atoms with van der Waals surface area (Å²) in [6, 6.07) is 0.345. The summed E-state index contributed by atoms with van der Waals surface area (Å²) >= 11 is 0. The first-order valence-electron chi connectivity index (χ1n) is 6.99. The molecule has 2 aliphatic carbocycles. The first-order chi connectivity index (χ1) is 8.15. The predicted octanol–water partition coefficient (Wildman–Crippen LogP) is 2.64. The van der Waals surface area contributed by atoms with Crippen LogP contribution in [0, 0.1) is 5.41 Å². The number of hydrogen-bond acceptors (Lipinski definition) is 3. The van der Waals surface area contributed by atoms with Gasteiger partial charge in [0.1, 0.15) is 6.04 Å². The minimum Gasteiger partial charge on any atom is -0.468 e. The lowest BCUT2D eigenvalue weighted by molar-refractivity contribution is -0.142. The Hall–Kier alpha value is -0.570. The second kappa shape index (κ2) is 5.38. The van der Waals surface area contributed by atoms with Crippen LogP contribution >= 0.6 is 0 Å². The second-order valence-corrected chi connectivity index (χ2v) is 5.89. The third kappa shape index (κ3) is 3.01. The molecule has 3 nitrogen and oxygen atoms in total. The molecule has 0 aliphatic heterocycles. The smallest absolute Gasteiger partial charge is 0.322 e. The highest BCUT2D eigenvalue weighted by atomic mass is 16.5. The molecule has 2 aliphatic rings. The van der Waals surface area contributed by atoms with E-state index < -0.39 is 0 Å². The topological polar surface area (TPSA) is 38.3 Å². The summed E-state index contributed by atoms with van der Waals surface area (Å²) in [5.74, 6) is -0.147. The number of nitrogens with one attached hydrogen (secondary N) is 1. The molecule has 3 heteroatoms. The van der Waals surface area contributed by atoms with Gasteiger partial charge < -0.3 is 10.1 Å². The van der Waals surface area contributed by atoms with Gasteiger partial charge in [-0.2, -0.15) is 0 Å². The van der Waals surface area contributed by atoms with Gasteiger partial charge in [0.05, 0.1) is 7.11 Å². The SMILES string of the molecule is COC(=O)[C@H](C)NC1CCC2(CCCC2)CC1. The van der Waals surface area contributed by atoms with E-state index in [0.717, 1.165) is 0 Å². The normalized spacial score (nSPS) is 26.0. The van der Waals surface area contributed by atoms with Crippen LogP contribution in [0.15, 0.2) is 0 Å². The van der Waals surface area contributed by atoms with Crippen molar-refractivity contribution in [3.8, 4) is 0 Å². The number of carbonyl (C=O) groups is 1. The van der Waals surface area contributed by atoms with E-state index in [4.69, 9.17) is 4.74 Å². The van der Waals surface area contributed by atoms with Crippen LogP contribution in [0.2, 0.25) is 0 Å². The lowest BCUT2D eigenvalue weighted by Gasteiger charge is -2.38. The van der Waals surface area contributed by atoms with E-state index in [0.29, 0.717) is 11.5 Å². The van der Waals surface area contributed by atoms with E-state index in [1.54, 1.807) is 0 Å². The van der Waals surface area contributed by atoms with Crippen LogP contribution in [0.4, 0.5) is 0 Å². The van der Waals surface area contributed by atoms with Crippen molar-refractivity contribution < 1.29 is 9.53 Å². The maximum atomic E-state index is 11.4. The molecule has 0 aromatic rings. The zero-order chi connectivity index (χ0) is 12.3. The van der Waals surface area contributed by atoms with Crippen molar-refractivity contribution in [2.45, 2.75) is 70.4 Å². The van der Waals surface area contributed by atoms with Gasteiger partial charge in [-0.15, -0.1) is 0 Å². The molecule has 2 fully saturated rings. The Morgan fingerprint density at radius 1 is 1.24 bits per heavy atom. The Labute approximate surface area is 104 Å². The molecule has 2 saturated carbocycles. The number of esters is 1. The van der Waals surface area contributed by atoms with Crippen LogP contribution in [-0.4, -0.2) is 25.2 Å². The molecule has 0 saturated heterocycles. The fraction of sp³-hybridized carbons (Fsp3) is 0.929. The molecule has 1 spiro atoms. The maximum Gasteiger partial charge on any atom is 0.322 e. The van der Waals surface area contributed by atoms with E-state index >= 15 is 0 Å². The van der Waals surface area contributed by atoms with Crippen molar-refractivity contribution in [1.29, 1.82) is 0 Å². The monoisotopic (exact) mass is 239 g/mol. The molecular weight excluding hydrogens is 214 g/mol. The lowest BCUT2D eigenvalue weighted by Crippen LogP contribution is -2.44. The summed E-state index contributed by atoms with van der Waals surface area (Å²) in [6.45, 7) is 1.89. The molecule has 17 heavy (non-hydrogen) atoms. The largest absolute Gasteiger partial charge is 0.468 e. The zero-order valence-electron chi connectivity index (χ0n) is 11.1. The van der Waals surface area contributed by atoms with Crippen molar-refractivity contribution >= 4 is 5.97 Å². The molecule has 0 amide bonds. The highest BCUT2D eigenvalue weighted by Gasteiger charge is 2.37. The summed E-state index contributed by atoms with van der Waals surface area (Å²) in [6.07, 6.45) is 10.9. The first kappa shape index (κ1) is 12.9. The summed E-state index contributed by atoms with van der Waals surface area (Å²) in [5.41, 5.74) is 0.673. The molecule has 0 aromatic heterocycles. The lowest BCUT2D eigenvalue weighted by atomic mass is 9.71. The average molecular weight is 239 g/mol. The molecular formula is C14H25NO2. The third-order valence-electron chi connectivity index (χ3n) is 4.75. The molecule has 0 radical (unpaired) electrons. The Bertz CT molecular complexity index is 261. The summed E-state index contributed by atoms with van der Waals surface area (Å²) in [4.78, 5) is 11.4. The van der Waals surface area contributed by atoms with Crippen LogP contribution in [0.1, 0.15) is 58.3 Å². The summed E-state index contributed by atoms with van der Waals surface area (Å²) in [5, 5.41) is 3.40. The predicted molar refractivity (Wildman–Crippen MR) is 67.8 cm³/mol. The van der Waals surface area contributed by atoms with Crippen LogP contribution < -0.4 is 5.32 Å². The van der Waals surface area contributed by atoms with Gasteiger partial charge in [-0.05, 0) is 50.9 Å². The number of hydrogen-bond donors (Lipinski definition) is 1. The summed E-state index contributed by atoms with van der Waals surface area (Å²) < 4.78 is 4.75. The van der Waals surface area contributed by atoms with Gasteiger partial charge in [0, 0.05) is 6.04 Å². The third-order valence-corrected chi connectivity index (χ3v) is 4.75. The fourth-order valence-corrected chi connectivity index (χ4v) is 3.62. The van der Waals surface area contributed by atoms with E-state index in [1.165, 1.54) is 58.5 Å². The number of ether oxygens (including phenoxy) is 1. The van der Waals surface area contributed by atoms with Crippen molar-refractivity contribution in [2.75, 3.05) is 7.11 Å². The maximum absolute atomic E-state index is 11.4. The summed E-state index contributed by atoms with van der Waals surface area (Å²) in [7, 11) is 1.45. The van der Waals surface area contributed by atoms with Crippen LogP contribution in [0.3, 0.4) is 0 Å². The van der Waals surface area contributed by atoms with Crippen LogP contribution in [0.5, 0.6) is 0 Å². The van der Waals surface area contributed by atoms with Crippen molar-refractivity contribution in [3.63, 3.8) is 0 Å². The number of methoxy groups -OCH3 is 1. The average Bonchev–Trinajstić information content (AvgIpc) is 2.80. The Kier molecular flexibility index (Phi) is 4.08. The van der Waals surface area contributed by atoms with Gasteiger partial charge in [0.15, 0.2) is 0 Å². The van der Waals surface area contributed by atoms with E-state index in [1.807, 2.05) is 6.92 Å². The van der Waals surface area contributed by atoms with E-state index in [9.17, 15) is 4.79 Å². The van der Waals surface area contributed by atoms with Gasteiger partial charge in [-0.1, -0.05) is 12.8 Å². The Morgan fingerprint density at radius 3 is 2.35 bits per heavy atom. The van der Waals surface area contributed by atoms with Gasteiger partial charge >= 0.3 is 5.97 Å².